The molecule has 32 heavy (non-hydrogen) atoms. The molecule has 1 aromatic rings. The molecule has 1 spiro atoms. The van der Waals surface area contributed by atoms with Gasteiger partial charge < -0.3 is 19.6 Å². The number of benzene rings is 1. The third-order valence-corrected chi connectivity index (χ3v) is 6.40. The molecule has 3 rings (SSSR count). The highest BCUT2D eigenvalue weighted by molar-refractivity contribution is 7.80. The van der Waals surface area contributed by atoms with Crippen molar-refractivity contribution < 1.29 is 24.2 Å². The first-order chi connectivity index (χ1) is 15.2. The number of carboxylic acids is 1. The predicted molar refractivity (Wildman–Crippen MR) is 122 cm³/mol. The molecule has 2 amide bonds. The summed E-state index contributed by atoms with van der Waals surface area (Å²) < 4.78 is 4.89. The number of nitrogens with zero attached hydrogens (tertiary/aromatic N) is 2. The quantitative estimate of drug-likeness (QED) is 0.571. The van der Waals surface area contributed by atoms with E-state index >= 15 is 0 Å². The van der Waals surface area contributed by atoms with Gasteiger partial charge in [0.2, 0.25) is 5.91 Å². The Labute approximate surface area is 193 Å². The number of carbonyl (C=O) groups excluding carboxylic acids is 2. The van der Waals surface area contributed by atoms with Crippen LogP contribution in [-0.2, 0) is 16.1 Å². The molecule has 0 saturated carbocycles. The summed E-state index contributed by atoms with van der Waals surface area (Å²) in [5.41, 5.74) is 0.564. The topological polar surface area (TPSA) is 111 Å². The molecule has 2 saturated heterocycles. The van der Waals surface area contributed by atoms with Gasteiger partial charge in [0.15, 0.2) is 5.11 Å². The van der Waals surface area contributed by atoms with Crippen molar-refractivity contribution in [2.24, 2.45) is 5.92 Å². The van der Waals surface area contributed by atoms with Crippen LogP contribution < -0.4 is 10.6 Å². The van der Waals surface area contributed by atoms with Crippen molar-refractivity contribution in [3.63, 3.8) is 0 Å². The van der Waals surface area contributed by atoms with Gasteiger partial charge in [-0.05, 0) is 42.8 Å². The van der Waals surface area contributed by atoms with Crippen LogP contribution in [0.4, 0.5) is 4.79 Å². The average molecular weight is 463 g/mol. The van der Waals surface area contributed by atoms with E-state index in [9.17, 15) is 14.4 Å². The Morgan fingerprint density at radius 3 is 2.44 bits per heavy atom. The number of piperidine rings is 1. The zero-order valence-electron chi connectivity index (χ0n) is 18.6. The Kier molecular flexibility index (Phi) is 7.35. The lowest BCUT2D eigenvalue weighted by molar-refractivity contribution is -0.134. The standard InChI is InChI=1S/C22H30N4O5S/c1-4-31-21(30)23-20(32)25-11-9-22(10-12-25)24-17(14(2)3)18(27)26(22)13-15-5-7-16(8-6-15)19(28)29/h5-8,14,17,24H,4,9-13H2,1-3H3,(H,28,29)(H,23,30,32). The number of hydrogen-bond donors (Lipinski definition) is 3. The minimum absolute atomic E-state index is 0.0444. The van der Waals surface area contributed by atoms with Crippen LogP contribution in [0.15, 0.2) is 24.3 Å². The van der Waals surface area contributed by atoms with Gasteiger partial charge in [-0.3, -0.25) is 15.4 Å². The van der Waals surface area contributed by atoms with Gasteiger partial charge >= 0.3 is 12.1 Å². The summed E-state index contributed by atoms with van der Waals surface area (Å²) in [6, 6.07) is 6.33. The fourth-order valence-corrected chi connectivity index (χ4v) is 4.52. The summed E-state index contributed by atoms with van der Waals surface area (Å²) in [5, 5.41) is 15.6. The van der Waals surface area contributed by atoms with E-state index in [-0.39, 0.29) is 30.0 Å². The van der Waals surface area contributed by atoms with Crippen LogP contribution >= 0.6 is 12.2 Å². The molecule has 0 aromatic heterocycles. The number of amides is 2. The van der Waals surface area contributed by atoms with E-state index in [0.717, 1.165) is 5.56 Å². The summed E-state index contributed by atoms with van der Waals surface area (Å²) in [4.78, 5) is 39.9. The van der Waals surface area contributed by atoms with Crippen LogP contribution in [0.3, 0.4) is 0 Å². The number of alkyl carbamates (subject to hydrolysis) is 1. The number of carboxylic acid groups (broad SMARTS) is 1. The molecule has 0 bridgehead atoms. The SMILES string of the molecule is CCOC(=O)NC(=S)N1CCC2(CC1)NC(C(C)C)C(=O)N2Cc1ccc(C(=O)O)cc1. The Morgan fingerprint density at radius 2 is 1.91 bits per heavy atom. The van der Waals surface area contributed by atoms with E-state index in [0.29, 0.717) is 37.6 Å². The second-order valence-electron chi connectivity index (χ2n) is 8.46. The first-order valence-corrected chi connectivity index (χ1v) is 11.2. The minimum Gasteiger partial charge on any atom is -0.478 e. The van der Waals surface area contributed by atoms with Gasteiger partial charge in [0.25, 0.3) is 0 Å². The summed E-state index contributed by atoms with van der Waals surface area (Å²) >= 11 is 5.35. The van der Waals surface area contributed by atoms with Crippen molar-refractivity contribution in [1.29, 1.82) is 0 Å². The number of ether oxygens (including phenoxy) is 1. The second-order valence-corrected chi connectivity index (χ2v) is 8.85. The first-order valence-electron chi connectivity index (χ1n) is 10.8. The Bertz CT molecular complexity index is 881. The Balaban J connectivity index is 1.74. The highest BCUT2D eigenvalue weighted by Crippen LogP contribution is 2.35. The van der Waals surface area contributed by atoms with Crippen LogP contribution in [0.5, 0.6) is 0 Å². The van der Waals surface area contributed by atoms with Crippen LogP contribution in [0, 0.1) is 5.92 Å². The molecule has 2 aliphatic heterocycles. The van der Waals surface area contributed by atoms with E-state index in [1.807, 2.05) is 23.6 Å². The third kappa shape index (κ3) is 5.02. The van der Waals surface area contributed by atoms with Crippen LogP contribution in [0.25, 0.3) is 0 Å². The summed E-state index contributed by atoms with van der Waals surface area (Å²) in [6.07, 6.45) is 0.706. The number of nitrogens with one attached hydrogen (secondary N) is 2. The number of hydrogen-bond acceptors (Lipinski definition) is 6. The van der Waals surface area contributed by atoms with E-state index in [2.05, 4.69) is 10.6 Å². The van der Waals surface area contributed by atoms with Gasteiger partial charge in [0.1, 0.15) is 0 Å². The van der Waals surface area contributed by atoms with E-state index in [1.165, 1.54) is 0 Å². The summed E-state index contributed by atoms with van der Waals surface area (Å²) in [5.74, 6) is -0.807. The Morgan fingerprint density at radius 1 is 1.28 bits per heavy atom. The normalized spacial score (nSPS) is 20.0. The van der Waals surface area contributed by atoms with Crippen LogP contribution in [0.2, 0.25) is 0 Å². The number of likely N-dealkylation sites (tertiary alicyclic amines) is 1. The van der Waals surface area contributed by atoms with Crippen molar-refractivity contribution in [2.75, 3.05) is 19.7 Å². The van der Waals surface area contributed by atoms with Crippen molar-refractivity contribution in [3.05, 3.63) is 35.4 Å². The molecule has 10 heteroatoms. The zero-order valence-corrected chi connectivity index (χ0v) is 19.4. The molecule has 1 aromatic carbocycles. The maximum atomic E-state index is 13.3. The lowest BCUT2D eigenvalue weighted by Gasteiger charge is -2.45. The van der Waals surface area contributed by atoms with Gasteiger partial charge in [-0.15, -0.1) is 0 Å². The van der Waals surface area contributed by atoms with Gasteiger partial charge in [-0.2, -0.15) is 0 Å². The molecular formula is C22H30N4O5S. The van der Waals surface area contributed by atoms with Gasteiger partial charge in [-0.25, -0.2) is 9.59 Å². The maximum Gasteiger partial charge on any atom is 0.413 e. The monoisotopic (exact) mass is 462 g/mol. The molecular weight excluding hydrogens is 432 g/mol. The number of aromatic carboxylic acids is 1. The fourth-order valence-electron chi connectivity index (χ4n) is 4.25. The molecule has 0 aliphatic carbocycles. The molecule has 2 heterocycles. The third-order valence-electron chi connectivity index (χ3n) is 6.04. The molecule has 9 nitrogen and oxygen atoms in total. The first kappa shape index (κ1) is 23.9. The van der Waals surface area contributed by atoms with Gasteiger partial charge in [0, 0.05) is 32.5 Å². The smallest absolute Gasteiger partial charge is 0.413 e. The second kappa shape index (κ2) is 9.83. The minimum atomic E-state index is -0.980. The fraction of sp³-hybridized carbons (Fsp3) is 0.545. The molecule has 1 unspecified atom stereocenters. The van der Waals surface area contributed by atoms with E-state index < -0.39 is 17.7 Å². The molecule has 3 N–H and O–H groups in total. The Hall–Kier alpha value is -2.72. The van der Waals surface area contributed by atoms with Crippen LogP contribution in [-0.4, -0.2) is 69.4 Å². The summed E-state index contributed by atoms with van der Waals surface area (Å²) in [6.45, 7) is 7.56. The highest BCUT2D eigenvalue weighted by atomic mass is 32.1. The van der Waals surface area contributed by atoms with E-state index in [4.69, 9.17) is 22.1 Å². The van der Waals surface area contributed by atoms with E-state index in [1.54, 1.807) is 31.2 Å². The lowest BCUT2D eigenvalue weighted by atomic mass is 9.95. The lowest BCUT2D eigenvalue weighted by Crippen LogP contribution is -2.60. The highest BCUT2D eigenvalue weighted by Gasteiger charge is 2.52. The van der Waals surface area contributed by atoms with Crippen LogP contribution in [0.1, 0.15) is 49.5 Å². The zero-order chi connectivity index (χ0) is 23.5. The predicted octanol–water partition coefficient (Wildman–Crippen LogP) is 2.16. The van der Waals surface area contributed by atoms with Crippen molar-refractivity contribution >= 4 is 35.3 Å². The average Bonchev–Trinajstić information content (AvgIpc) is 3.01. The van der Waals surface area contributed by atoms with Crippen molar-refractivity contribution in [3.8, 4) is 0 Å². The molecule has 2 fully saturated rings. The molecule has 2 aliphatic rings. The summed E-state index contributed by atoms with van der Waals surface area (Å²) in [7, 11) is 0. The largest absolute Gasteiger partial charge is 0.478 e. The van der Waals surface area contributed by atoms with Gasteiger partial charge in [-0.1, -0.05) is 26.0 Å². The van der Waals surface area contributed by atoms with Crippen molar-refractivity contribution in [2.45, 2.75) is 51.9 Å². The van der Waals surface area contributed by atoms with Crippen molar-refractivity contribution in [1.82, 2.24) is 20.4 Å². The number of thiocarbonyl (C=S) groups is 1. The molecule has 0 radical (unpaired) electrons. The van der Waals surface area contributed by atoms with Gasteiger partial charge in [0.05, 0.1) is 23.9 Å². The molecule has 174 valence electrons. The maximum absolute atomic E-state index is 13.3. The number of carbonyl (C=O) groups is 3. The number of rotatable bonds is 5. The molecule has 1 atom stereocenters.